The largest absolute Gasteiger partial charge is 0.478 e. The minimum absolute atomic E-state index is 0.0806. The lowest BCUT2D eigenvalue weighted by Crippen LogP contribution is -2.60. The number of hydrogen-bond donors (Lipinski definition) is 6. The van der Waals surface area contributed by atoms with Gasteiger partial charge >= 0.3 is 5.97 Å². The molecule has 0 bridgehead atoms. The Balaban J connectivity index is 1.85. The van der Waals surface area contributed by atoms with Gasteiger partial charge in [-0.15, -0.1) is 0 Å². The molecular weight excluding hydrogens is 364 g/mol. The van der Waals surface area contributed by atoms with E-state index in [9.17, 15) is 35.4 Å². The molecule has 0 aromatic heterocycles. The number of carboxylic acid groups (broad SMARTS) is 1. The predicted molar refractivity (Wildman–Crippen MR) is 86.8 cm³/mol. The standard InChI is InChI=1S/C17H26O10/c1-5-8(19)3-7-10(5)16(25-6(2)11(7)15(23)24)27-17-14(22)13(21)12(20)9(4-18)26-17/h5,7-10,12-14,16-22H,3-4H2,1-2H3,(H,23,24). The first-order chi connectivity index (χ1) is 12.7. The van der Waals surface area contributed by atoms with E-state index in [-0.39, 0.29) is 23.7 Å². The second kappa shape index (κ2) is 7.63. The monoisotopic (exact) mass is 390 g/mol. The highest BCUT2D eigenvalue weighted by molar-refractivity contribution is 5.88. The summed E-state index contributed by atoms with van der Waals surface area (Å²) < 4.78 is 16.7. The van der Waals surface area contributed by atoms with E-state index in [1.54, 1.807) is 6.92 Å². The minimum atomic E-state index is -1.60. The van der Waals surface area contributed by atoms with Crippen LogP contribution in [0.1, 0.15) is 20.3 Å². The smallest absolute Gasteiger partial charge is 0.335 e. The molecule has 2 fully saturated rings. The maximum absolute atomic E-state index is 11.6. The fraction of sp³-hybridized carbons (Fsp3) is 0.824. The van der Waals surface area contributed by atoms with Crippen LogP contribution >= 0.6 is 0 Å². The van der Waals surface area contributed by atoms with Crippen LogP contribution in [0, 0.1) is 17.8 Å². The summed E-state index contributed by atoms with van der Waals surface area (Å²) in [5, 5.41) is 58.9. The molecule has 6 N–H and O–H groups in total. The van der Waals surface area contributed by atoms with Crippen LogP contribution in [0.5, 0.6) is 0 Å². The summed E-state index contributed by atoms with van der Waals surface area (Å²) in [6.07, 6.45) is -8.80. The Hall–Kier alpha value is -1.27. The highest BCUT2D eigenvalue weighted by Crippen LogP contribution is 2.49. The molecule has 0 aromatic carbocycles. The Morgan fingerprint density at radius 3 is 2.41 bits per heavy atom. The third kappa shape index (κ3) is 3.46. The van der Waals surface area contributed by atoms with Gasteiger partial charge in [0.15, 0.2) is 6.29 Å². The van der Waals surface area contributed by atoms with Gasteiger partial charge in [0.1, 0.15) is 30.2 Å². The van der Waals surface area contributed by atoms with Gasteiger partial charge in [-0.2, -0.15) is 0 Å². The van der Waals surface area contributed by atoms with Crippen molar-refractivity contribution in [3.8, 4) is 0 Å². The number of aliphatic hydroxyl groups excluding tert-OH is 5. The van der Waals surface area contributed by atoms with E-state index in [1.807, 2.05) is 0 Å². The van der Waals surface area contributed by atoms with Crippen LogP contribution in [0.3, 0.4) is 0 Å². The lowest BCUT2D eigenvalue weighted by Gasteiger charge is -2.43. The SMILES string of the molecule is CC1=C(C(=O)O)C2CC(O)C(C)C2C(OC2OC(CO)C(O)C(O)C2O)O1. The van der Waals surface area contributed by atoms with Gasteiger partial charge in [-0.25, -0.2) is 4.79 Å². The molecule has 2 aliphatic heterocycles. The Morgan fingerprint density at radius 2 is 1.81 bits per heavy atom. The van der Waals surface area contributed by atoms with Gasteiger partial charge in [-0.1, -0.05) is 6.92 Å². The van der Waals surface area contributed by atoms with Crippen LogP contribution in [-0.2, 0) is 19.0 Å². The maximum atomic E-state index is 11.6. The highest BCUT2D eigenvalue weighted by atomic mass is 16.8. The van der Waals surface area contributed by atoms with E-state index in [4.69, 9.17) is 14.2 Å². The number of hydrogen-bond acceptors (Lipinski definition) is 9. The van der Waals surface area contributed by atoms with Gasteiger partial charge in [0.05, 0.1) is 18.3 Å². The summed E-state index contributed by atoms with van der Waals surface area (Å²) in [4.78, 5) is 11.6. The topological polar surface area (TPSA) is 166 Å². The number of aliphatic carboxylic acids is 1. The average molecular weight is 390 g/mol. The molecule has 10 heteroatoms. The third-order valence-electron chi connectivity index (χ3n) is 5.88. The normalized spacial score (nSPS) is 47.5. The van der Waals surface area contributed by atoms with Crippen molar-refractivity contribution in [1.82, 2.24) is 0 Å². The van der Waals surface area contributed by atoms with Crippen molar-refractivity contribution in [2.24, 2.45) is 17.8 Å². The lowest BCUT2D eigenvalue weighted by atomic mass is 9.82. The molecule has 10 nitrogen and oxygen atoms in total. The van der Waals surface area contributed by atoms with Gasteiger partial charge in [-0.05, 0) is 19.3 Å². The van der Waals surface area contributed by atoms with Crippen LogP contribution in [0.25, 0.3) is 0 Å². The molecule has 1 saturated heterocycles. The zero-order valence-electron chi connectivity index (χ0n) is 15.0. The van der Waals surface area contributed by atoms with Crippen molar-refractivity contribution >= 4 is 5.97 Å². The first kappa shape index (κ1) is 20.5. The highest BCUT2D eigenvalue weighted by Gasteiger charge is 2.54. The summed E-state index contributed by atoms with van der Waals surface area (Å²) >= 11 is 0. The predicted octanol–water partition coefficient (Wildman–Crippen LogP) is -1.85. The van der Waals surface area contributed by atoms with E-state index < -0.39 is 67.5 Å². The Kier molecular flexibility index (Phi) is 5.78. The number of carbonyl (C=O) groups is 1. The van der Waals surface area contributed by atoms with E-state index in [1.165, 1.54) is 6.92 Å². The number of ether oxygens (including phenoxy) is 3. The first-order valence-electron chi connectivity index (χ1n) is 8.92. The van der Waals surface area contributed by atoms with Crippen molar-refractivity contribution < 1.29 is 49.6 Å². The Bertz CT molecular complexity index is 605. The number of fused-ring (bicyclic) bond motifs is 1. The summed E-state index contributed by atoms with van der Waals surface area (Å²) in [6, 6.07) is 0. The third-order valence-corrected chi connectivity index (χ3v) is 5.88. The van der Waals surface area contributed by atoms with Gasteiger partial charge < -0.3 is 44.8 Å². The number of aliphatic hydroxyl groups is 5. The van der Waals surface area contributed by atoms with Gasteiger partial charge in [-0.3, -0.25) is 0 Å². The molecule has 10 unspecified atom stereocenters. The Labute approximate surface area is 155 Å². The van der Waals surface area contributed by atoms with Crippen molar-refractivity contribution in [2.75, 3.05) is 6.61 Å². The fourth-order valence-electron chi connectivity index (χ4n) is 4.32. The van der Waals surface area contributed by atoms with E-state index in [2.05, 4.69) is 0 Å². The van der Waals surface area contributed by atoms with E-state index in [0.29, 0.717) is 0 Å². The molecule has 3 rings (SSSR count). The van der Waals surface area contributed by atoms with Crippen LogP contribution in [0.4, 0.5) is 0 Å². The lowest BCUT2D eigenvalue weighted by molar-refractivity contribution is -0.344. The molecule has 3 aliphatic rings. The molecule has 27 heavy (non-hydrogen) atoms. The summed E-state index contributed by atoms with van der Waals surface area (Å²) in [7, 11) is 0. The molecule has 0 radical (unpaired) electrons. The van der Waals surface area contributed by atoms with Crippen LogP contribution in [0.15, 0.2) is 11.3 Å². The molecule has 1 aliphatic carbocycles. The quantitative estimate of drug-likeness (QED) is 0.321. The number of carboxylic acids is 1. The van der Waals surface area contributed by atoms with Gasteiger partial charge in [0, 0.05) is 11.8 Å². The molecule has 0 spiro atoms. The van der Waals surface area contributed by atoms with Gasteiger partial charge in [0.25, 0.3) is 0 Å². The molecule has 0 amide bonds. The minimum Gasteiger partial charge on any atom is -0.478 e. The molecule has 2 heterocycles. The van der Waals surface area contributed by atoms with E-state index >= 15 is 0 Å². The van der Waals surface area contributed by atoms with Crippen LogP contribution in [0.2, 0.25) is 0 Å². The first-order valence-corrected chi connectivity index (χ1v) is 8.92. The van der Waals surface area contributed by atoms with Crippen molar-refractivity contribution in [3.05, 3.63) is 11.3 Å². The van der Waals surface area contributed by atoms with Crippen molar-refractivity contribution in [2.45, 2.75) is 63.4 Å². The second-order valence-electron chi connectivity index (χ2n) is 7.44. The van der Waals surface area contributed by atoms with Crippen molar-refractivity contribution in [3.63, 3.8) is 0 Å². The summed E-state index contributed by atoms with van der Waals surface area (Å²) in [5.74, 6) is -2.35. The fourth-order valence-corrected chi connectivity index (χ4v) is 4.32. The summed E-state index contributed by atoms with van der Waals surface area (Å²) in [5.41, 5.74) is 0.0806. The molecule has 0 aromatic rings. The zero-order chi connectivity index (χ0) is 20.0. The average Bonchev–Trinajstić information content (AvgIpc) is 2.89. The second-order valence-corrected chi connectivity index (χ2v) is 7.44. The molecule has 10 atom stereocenters. The zero-order valence-corrected chi connectivity index (χ0v) is 15.0. The molecule has 154 valence electrons. The Morgan fingerprint density at radius 1 is 1.15 bits per heavy atom. The van der Waals surface area contributed by atoms with Crippen LogP contribution in [-0.4, -0.2) is 86.3 Å². The van der Waals surface area contributed by atoms with Crippen LogP contribution < -0.4 is 0 Å². The number of rotatable bonds is 4. The number of allylic oxidation sites excluding steroid dienone is 1. The van der Waals surface area contributed by atoms with Crippen molar-refractivity contribution in [1.29, 1.82) is 0 Å². The van der Waals surface area contributed by atoms with E-state index in [0.717, 1.165) is 0 Å². The molecule has 1 saturated carbocycles. The summed E-state index contributed by atoms with van der Waals surface area (Å²) in [6.45, 7) is 2.64. The maximum Gasteiger partial charge on any atom is 0.335 e. The molecular formula is C17H26O10. The van der Waals surface area contributed by atoms with Gasteiger partial charge in [0.2, 0.25) is 6.29 Å².